The molecular formula is C15H25N3O2. The first-order chi connectivity index (χ1) is 9.42. The Labute approximate surface area is 120 Å². The summed E-state index contributed by atoms with van der Waals surface area (Å²) in [6.45, 7) is 7.99. The Morgan fingerprint density at radius 1 is 1.25 bits per heavy atom. The molecule has 5 heteroatoms. The van der Waals surface area contributed by atoms with Gasteiger partial charge in [0.1, 0.15) is 0 Å². The van der Waals surface area contributed by atoms with Gasteiger partial charge in [-0.2, -0.15) is 0 Å². The van der Waals surface area contributed by atoms with E-state index in [-0.39, 0.29) is 10.6 Å². The highest BCUT2D eigenvalue weighted by Gasteiger charge is 2.29. The van der Waals surface area contributed by atoms with Gasteiger partial charge >= 0.3 is 0 Å². The molecule has 0 spiro atoms. The highest BCUT2D eigenvalue weighted by Crippen LogP contribution is 2.24. The standard InChI is InChI=1S/C15H25N3O2/c1-4-10-17(11-5-2)15(3,16)12-13-8-6-7-9-14(13)18(19)20/h6-9H,4-5,10-12,16H2,1-3H3. The molecule has 0 amide bonds. The van der Waals surface area contributed by atoms with E-state index in [1.165, 1.54) is 6.07 Å². The van der Waals surface area contributed by atoms with Crippen molar-refractivity contribution in [2.75, 3.05) is 13.1 Å². The van der Waals surface area contributed by atoms with Crippen molar-refractivity contribution in [3.05, 3.63) is 39.9 Å². The maximum Gasteiger partial charge on any atom is 0.272 e. The summed E-state index contributed by atoms with van der Waals surface area (Å²) < 4.78 is 0. The van der Waals surface area contributed by atoms with Gasteiger partial charge < -0.3 is 5.73 Å². The van der Waals surface area contributed by atoms with Gasteiger partial charge in [0.25, 0.3) is 5.69 Å². The molecule has 0 aromatic heterocycles. The highest BCUT2D eigenvalue weighted by molar-refractivity contribution is 5.40. The fourth-order valence-electron chi connectivity index (χ4n) is 2.50. The van der Waals surface area contributed by atoms with Crippen LogP contribution in [0, 0.1) is 10.1 Å². The van der Waals surface area contributed by atoms with Crippen molar-refractivity contribution in [2.45, 2.75) is 45.7 Å². The third-order valence-electron chi connectivity index (χ3n) is 3.45. The first-order valence-electron chi connectivity index (χ1n) is 7.18. The molecule has 1 aromatic rings. The molecule has 0 saturated heterocycles. The second kappa shape index (κ2) is 7.36. The number of nitrogens with zero attached hydrogens (tertiary/aromatic N) is 2. The maximum atomic E-state index is 11.1. The van der Waals surface area contributed by atoms with Crippen LogP contribution >= 0.6 is 0 Å². The third-order valence-corrected chi connectivity index (χ3v) is 3.45. The molecule has 20 heavy (non-hydrogen) atoms. The van der Waals surface area contributed by atoms with Crippen LogP contribution in [0.25, 0.3) is 0 Å². The molecule has 0 aliphatic carbocycles. The summed E-state index contributed by atoms with van der Waals surface area (Å²) in [5.74, 6) is 0. The fourth-order valence-corrected chi connectivity index (χ4v) is 2.50. The van der Waals surface area contributed by atoms with E-state index in [1.54, 1.807) is 12.1 Å². The molecule has 112 valence electrons. The summed E-state index contributed by atoms with van der Waals surface area (Å²) in [6.07, 6.45) is 2.51. The lowest BCUT2D eigenvalue weighted by Gasteiger charge is -2.38. The van der Waals surface area contributed by atoms with Gasteiger partial charge in [-0.15, -0.1) is 0 Å². The van der Waals surface area contributed by atoms with E-state index in [0.717, 1.165) is 25.9 Å². The molecule has 0 bridgehead atoms. The van der Waals surface area contributed by atoms with E-state index in [1.807, 2.05) is 13.0 Å². The van der Waals surface area contributed by atoms with E-state index < -0.39 is 5.66 Å². The largest absolute Gasteiger partial charge is 0.313 e. The molecule has 0 saturated carbocycles. The lowest BCUT2D eigenvalue weighted by atomic mass is 9.98. The van der Waals surface area contributed by atoms with Crippen molar-refractivity contribution in [2.24, 2.45) is 5.73 Å². The molecule has 0 aliphatic heterocycles. The number of hydrogen-bond donors (Lipinski definition) is 1. The van der Waals surface area contributed by atoms with Crippen LogP contribution in [0.3, 0.4) is 0 Å². The molecule has 1 unspecified atom stereocenters. The number of benzene rings is 1. The van der Waals surface area contributed by atoms with Crippen LogP contribution < -0.4 is 5.73 Å². The first-order valence-corrected chi connectivity index (χ1v) is 7.18. The number of para-hydroxylation sites is 1. The van der Waals surface area contributed by atoms with Crippen LogP contribution in [0.1, 0.15) is 39.2 Å². The Kier molecular flexibility index (Phi) is 6.10. The van der Waals surface area contributed by atoms with Crippen LogP contribution in [-0.4, -0.2) is 28.6 Å². The zero-order valence-electron chi connectivity index (χ0n) is 12.6. The van der Waals surface area contributed by atoms with E-state index in [2.05, 4.69) is 18.7 Å². The predicted molar refractivity (Wildman–Crippen MR) is 81.5 cm³/mol. The summed E-state index contributed by atoms with van der Waals surface area (Å²) in [7, 11) is 0. The van der Waals surface area contributed by atoms with Crippen molar-refractivity contribution in [1.29, 1.82) is 0 Å². The van der Waals surface area contributed by atoms with Crippen LogP contribution in [0.5, 0.6) is 0 Å². The van der Waals surface area contributed by atoms with Crippen molar-refractivity contribution in [3.63, 3.8) is 0 Å². The Hall–Kier alpha value is -1.46. The van der Waals surface area contributed by atoms with E-state index in [0.29, 0.717) is 12.0 Å². The Balaban J connectivity index is 2.96. The van der Waals surface area contributed by atoms with Gasteiger partial charge in [-0.3, -0.25) is 15.0 Å². The lowest BCUT2D eigenvalue weighted by molar-refractivity contribution is -0.385. The van der Waals surface area contributed by atoms with Crippen LogP contribution in [0.2, 0.25) is 0 Å². The summed E-state index contributed by atoms with van der Waals surface area (Å²) in [4.78, 5) is 13.0. The number of rotatable bonds is 8. The Morgan fingerprint density at radius 3 is 2.30 bits per heavy atom. The van der Waals surface area contributed by atoms with Crippen LogP contribution in [0.4, 0.5) is 5.69 Å². The van der Waals surface area contributed by atoms with Crippen LogP contribution in [-0.2, 0) is 6.42 Å². The smallest absolute Gasteiger partial charge is 0.272 e. The average Bonchev–Trinajstić information content (AvgIpc) is 2.38. The van der Waals surface area contributed by atoms with Gasteiger partial charge in [0, 0.05) is 18.1 Å². The molecule has 0 radical (unpaired) electrons. The van der Waals surface area contributed by atoms with Gasteiger partial charge in [0.2, 0.25) is 0 Å². The van der Waals surface area contributed by atoms with Crippen molar-refractivity contribution >= 4 is 5.69 Å². The second-order valence-corrected chi connectivity index (χ2v) is 5.41. The Bertz CT molecular complexity index is 440. The van der Waals surface area contributed by atoms with Crippen molar-refractivity contribution in [3.8, 4) is 0 Å². The van der Waals surface area contributed by atoms with E-state index in [4.69, 9.17) is 5.73 Å². The number of nitrogens with two attached hydrogens (primary N) is 1. The first kappa shape index (κ1) is 16.6. The van der Waals surface area contributed by atoms with Gasteiger partial charge in [-0.05, 0) is 32.9 Å². The number of hydrogen-bond acceptors (Lipinski definition) is 4. The van der Waals surface area contributed by atoms with Gasteiger partial charge in [-0.25, -0.2) is 0 Å². The number of nitro groups is 1. The SMILES string of the molecule is CCCN(CCC)C(C)(N)Cc1ccccc1[N+](=O)[O-]. The zero-order valence-corrected chi connectivity index (χ0v) is 12.6. The van der Waals surface area contributed by atoms with Crippen molar-refractivity contribution in [1.82, 2.24) is 4.90 Å². The normalized spacial score (nSPS) is 14.2. The quantitative estimate of drug-likeness (QED) is 0.451. The van der Waals surface area contributed by atoms with Gasteiger partial charge in [-0.1, -0.05) is 32.0 Å². The number of nitro benzene ring substituents is 1. The zero-order chi connectivity index (χ0) is 15.2. The predicted octanol–water partition coefficient (Wildman–Crippen LogP) is 2.93. The summed E-state index contributed by atoms with van der Waals surface area (Å²) in [5.41, 5.74) is 6.71. The summed E-state index contributed by atoms with van der Waals surface area (Å²) in [5, 5.41) is 11.1. The molecule has 1 rings (SSSR count). The molecule has 1 atom stereocenters. The molecule has 0 aliphatic rings. The van der Waals surface area contributed by atoms with Crippen LogP contribution in [0.15, 0.2) is 24.3 Å². The fraction of sp³-hybridized carbons (Fsp3) is 0.600. The van der Waals surface area contributed by atoms with E-state index in [9.17, 15) is 10.1 Å². The van der Waals surface area contributed by atoms with Gasteiger partial charge in [0.05, 0.1) is 10.6 Å². The van der Waals surface area contributed by atoms with E-state index >= 15 is 0 Å². The molecule has 0 heterocycles. The average molecular weight is 279 g/mol. The minimum Gasteiger partial charge on any atom is -0.313 e. The molecule has 5 nitrogen and oxygen atoms in total. The highest BCUT2D eigenvalue weighted by atomic mass is 16.6. The monoisotopic (exact) mass is 279 g/mol. The third kappa shape index (κ3) is 4.28. The minimum atomic E-state index is -0.571. The van der Waals surface area contributed by atoms with Gasteiger partial charge in [0.15, 0.2) is 0 Å². The maximum absolute atomic E-state index is 11.1. The Morgan fingerprint density at radius 2 is 1.80 bits per heavy atom. The second-order valence-electron chi connectivity index (χ2n) is 5.41. The molecule has 1 aromatic carbocycles. The summed E-state index contributed by atoms with van der Waals surface area (Å²) in [6, 6.07) is 6.84. The summed E-state index contributed by atoms with van der Waals surface area (Å²) >= 11 is 0. The topological polar surface area (TPSA) is 72.4 Å². The molecule has 2 N–H and O–H groups in total. The van der Waals surface area contributed by atoms with Crippen molar-refractivity contribution < 1.29 is 4.92 Å². The lowest BCUT2D eigenvalue weighted by Crippen LogP contribution is -2.55. The minimum absolute atomic E-state index is 0.150. The molecule has 0 fully saturated rings. The molecular weight excluding hydrogens is 254 g/mol.